The highest BCUT2D eigenvalue weighted by atomic mass is 35.5. The van der Waals surface area contributed by atoms with Crippen LogP contribution in [0, 0.1) is 5.92 Å². The van der Waals surface area contributed by atoms with Crippen molar-refractivity contribution in [1.82, 2.24) is 0 Å². The van der Waals surface area contributed by atoms with Gasteiger partial charge in [-0.2, -0.15) is 0 Å². The average molecular weight is 362 g/mol. The summed E-state index contributed by atoms with van der Waals surface area (Å²) in [6, 6.07) is 6.64. The van der Waals surface area contributed by atoms with Crippen LogP contribution in [0.4, 0.5) is 5.69 Å². The van der Waals surface area contributed by atoms with Crippen molar-refractivity contribution >= 4 is 29.0 Å². The second-order valence-corrected chi connectivity index (χ2v) is 7.37. The molecule has 1 amide bonds. The van der Waals surface area contributed by atoms with E-state index in [0.717, 1.165) is 25.7 Å². The van der Waals surface area contributed by atoms with E-state index in [1.165, 1.54) is 6.42 Å². The van der Waals surface area contributed by atoms with Gasteiger partial charge in [-0.05, 0) is 49.4 Å². The lowest BCUT2D eigenvalue weighted by Crippen LogP contribution is -2.42. The standard InChI is InChI=1S/C20H24ClNO3/c1-2-6-16(23)17-18(13-7-4-3-5-8-13)22(20(25)19(17)24)15-11-9-14(21)10-12-15/h9-13,18,24H,2-8H2,1H3. The van der Waals surface area contributed by atoms with Gasteiger partial charge in [0.2, 0.25) is 0 Å². The molecule has 3 rings (SSSR count). The van der Waals surface area contributed by atoms with Gasteiger partial charge in [-0.15, -0.1) is 0 Å². The molecular weight excluding hydrogens is 338 g/mol. The van der Waals surface area contributed by atoms with Gasteiger partial charge in [0.05, 0.1) is 11.6 Å². The second kappa shape index (κ2) is 7.61. The zero-order valence-electron chi connectivity index (χ0n) is 14.5. The molecule has 1 unspecified atom stereocenters. The maximum atomic E-state index is 12.8. The van der Waals surface area contributed by atoms with Gasteiger partial charge < -0.3 is 5.11 Å². The van der Waals surface area contributed by atoms with Crippen LogP contribution in [0.5, 0.6) is 0 Å². The van der Waals surface area contributed by atoms with Crippen LogP contribution in [0.3, 0.4) is 0 Å². The van der Waals surface area contributed by atoms with Gasteiger partial charge in [0.15, 0.2) is 11.5 Å². The highest BCUT2D eigenvalue weighted by Crippen LogP contribution is 2.40. The normalized spacial score (nSPS) is 21.9. The quantitative estimate of drug-likeness (QED) is 0.818. The first-order chi connectivity index (χ1) is 12.0. The predicted octanol–water partition coefficient (Wildman–Crippen LogP) is 4.82. The molecule has 1 aromatic carbocycles. The minimum absolute atomic E-state index is 0.111. The zero-order chi connectivity index (χ0) is 18.0. The fourth-order valence-electron chi connectivity index (χ4n) is 4.06. The molecule has 1 N–H and O–H groups in total. The molecule has 25 heavy (non-hydrogen) atoms. The number of benzene rings is 1. The Morgan fingerprint density at radius 2 is 1.84 bits per heavy atom. The summed E-state index contributed by atoms with van der Waals surface area (Å²) in [5, 5.41) is 11.1. The second-order valence-electron chi connectivity index (χ2n) is 6.93. The van der Waals surface area contributed by atoms with Crippen molar-refractivity contribution in [2.45, 2.75) is 57.9 Å². The van der Waals surface area contributed by atoms with E-state index in [1.54, 1.807) is 29.2 Å². The number of nitrogens with zero attached hydrogens (tertiary/aromatic N) is 1. The van der Waals surface area contributed by atoms with Gasteiger partial charge in [0.1, 0.15) is 0 Å². The minimum atomic E-state index is -0.475. The Labute approximate surface area is 153 Å². The maximum Gasteiger partial charge on any atom is 0.294 e. The van der Waals surface area contributed by atoms with Gasteiger partial charge in [0.25, 0.3) is 5.91 Å². The monoisotopic (exact) mass is 361 g/mol. The molecule has 1 heterocycles. The van der Waals surface area contributed by atoms with E-state index in [-0.39, 0.29) is 23.5 Å². The van der Waals surface area contributed by atoms with Gasteiger partial charge in [0, 0.05) is 17.1 Å². The topological polar surface area (TPSA) is 57.6 Å². The minimum Gasteiger partial charge on any atom is -0.503 e. The fourth-order valence-corrected chi connectivity index (χ4v) is 4.19. The van der Waals surface area contributed by atoms with Crippen LogP contribution < -0.4 is 4.90 Å². The van der Waals surface area contributed by atoms with Crippen molar-refractivity contribution in [3.05, 3.63) is 40.6 Å². The molecule has 0 radical (unpaired) electrons. The molecule has 1 fully saturated rings. The molecule has 2 aliphatic rings. The van der Waals surface area contributed by atoms with E-state index in [9.17, 15) is 14.7 Å². The SMILES string of the molecule is CCCC(=O)C1=C(O)C(=O)N(c2ccc(Cl)cc2)C1C1CCCCC1. The average Bonchev–Trinajstić information content (AvgIpc) is 2.88. The lowest BCUT2D eigenvalue weighted by molar-refractivity contribution is -0.118. The first-order valence-corrected chi connectivity index (χ1v) is 9.47. The number of rotatable bonds is 5. The van der Waals surface area contributed by atoms with E-state index in [4.69, 9.17) is 11.6 Å². The summed E-state index contributed by atoms with van der Waals surface area (Å²) in [4.78, 5) is 27.1. The lowest BCUT2D eigenvalue weighted by Gasteiger charge is -2.35. The smallest absolute Gasteiger partial charge is 0.294 e. The lowest BCUT2D eigenvalue weighted by atomic mass is 9.79. The van der Waals surface area contributed by atoms with Gasteiger partial charge in [-0.1, -0.05) is 37.8 Å². The number of ketones is 1. The van der Waals surface area contributed by atoms with Crippen LogP contribution in [0.2, 0.25) is 5.02 Å². The van der Waals surface area contributed by atoms with Crippen LogP contribution in [0.1, 0.15) is 51.9 Å². The number of hydrogen-bond acceptors (Lipinski definition) is 3. The fraction of sp³-hybridized carbons (Fsp3) is 0.500. The molecule has 1 saturated carbocycles. The molecule has 134 valence electrons. The summed E-state index contributed by atoms with van der Waals surface area (Å²) >= 11 is 5.97. The van der Waals surface area contributed by atoms with Crippen molar-refractivity contribution in [1.29, 1.82) is 0 Å². The summed E-state index contributed by atoms with van der Waals surface area (Å²) in [7, 11) is 0. The van der Waals surface area contributed by atoms with Gasteiger partial charge in [-0.25, -0.2) is 0 Å². The van der Waals surface area contributed by atoms with Gasteiger partial charge in [-0.3, -0.25) is 14.5 Å². The van der Waals surface area contributed by atoms with E-state index in [0.29, 0.717) is 29.1 Å². The number of aliphatic hydroxyl groups excluding tert-OH is 1. The molecule has 1 aliphatic carbocycles. The van der Waals surface area contributed by atoms with Crippen LogP contribution in [-0.2, 0) is 9.59 Å². The molecule has 1 aliphatic heterocycles. The Kier molecular flexibility index (Phi) is 5.48. The molecule has 0 bridgehead atoms. The number of amides is 1. The summed E-state index contributed by atoms with van der Waals surface area (Å²) in [6.07, 6.45) is 6.37. The number of carbonyl (C=O) groups excluding carboxylic acids is 2. The maximum absolute atomic E-state index is 12.8. The third-order valence-electron chi connectivity index (χ3n) is 5.23. The predicted molar refractivity (Wildman–Crippen MR) is 98.9 cm³/mol. The third-order valence-corrected chi connectivity index (χ3v) is 5.48. The molecule has 0 aromatic heterocycles. The number of carbonyl (C=O) groups is 2. The molecule has 5 heteroatoms. The summed E-state index contributed by atoms with van der Waals surface area (Å²) in [5.41, 5.74) is 0.990. The Balaban J connectivity index is 2.02. The number of anilines is 1. The number of Topliss-reactive ketones (excluding diaryl/α,β-unsaturated/α-hetero) is 1. The Bertz CT molecular complexity index is 689. The molecule has 0 spiro atoms. The molecular formula is C20H24ClNO3. The van der Waals surface area contributed by atoms with Crippen molar-refractivity contribution in [3.63, 3.8) is 0 Å². The van der Waals surface area contributed by atoms with Crippen molar-refractivity contribution in [2.75, 3.05) is 4.90 Å². The van der Waals surface area contributed by atoms with Crippen molar-refractivity contribution < 1.29 is 14.7 Å². The Hall–Kier alpha value is -1.81. The van der Waals surface area contributed by atoms with Crippen molar-refractivity contribution in [3.8, 4) is 0 Å². The molecule has 4 nitrogen and oxygen atoms in total. The zero-order valence-corrected chi connectivity index (χ0v) is 15.3. The Morgan fingerprint density at radius 1 is 1.20 bits per heavy atom. The van der Waals surface area contributed by atoms with E-state index in [2.05, 4.69) is 0 Å². The molecule has 1 aromatic rings. The van der Waals surface area contributed by atoms with Crippen LogP contribution in [-0.4, -0.2) is 22.8 Å². The van der Waals surface area contributed by atoms with Crippen LogP contribution >= 0.6 is 11.6 Å². The highest BCUT2D eigenvalue weighted by Gasteiger charge is 2.46. The van der Waals surface area contributed by atoms with E-state index < -0.39 is 5.91 Å². The summed E-state index contributed by atoms with van der Waals surface area (Å²) < 4.78 is 0. The van der Waals surface area contributed by atoms with Crippen molar-refractivity contribution in [2.24, 2.45) is 5.92 Å². The number of aliphatic hydroxyl groups is 1. The summed E-state index contributed by atoms with van der Waals surface area (Å²) in [5.74, 6) is -0.754. The number of hydrogen-bond donors (Lipinski definition) is 1. The van der Waals surface area contributed by atoms with E-state index >= 15 is 0 Å². The molecule has 0 saturated heterocycles. The van der Waals surface area contributed by atoms with Gasteiger partial charge >= 0.3 is 0 Å². The first-order valence-electron chi connectivity index (χ1n) is 9.10. The Morgan fingerprint density at radius 3 is 2.44 bits per heavy atom. The highest BCUT2D eigenvalue weighted by molar-refractivity contribution is 6.30. The third kappa shape index (κ3) is 3.45. The van der Waals surface area contributed by atoms with Crippen LogP contribution in [0.25, 0.3) is 0 Å². The number of halogens is 1. The molecule has 1 atom stereocenters. The summed E-state index contributed by atoms with van der Waals surface area (Å²) in [6.45, 7) is 1.93. The van der Waals surface area contributed by atoms with Crippen LogP contribution in [0.15, 0.2) is 35.6 Å². The van der Waals surface area contributed by atoms with E-state index in [1.807, 2.05) is 6.92 Å². The first kappa shape index (κ1) is 18.0. The largest absolute Gasteiger partial charge is 0.503 e.